The van der Waals surface area contributed by atoms with Crippen molar-refractivity contribution < 1.29 is 29.1 Å². The summed E-state index contributed by atoms with van der Waals surface area (Å²) < 4.78 is 12.6. The van der Waals surface area contributed by atoms with E-state index in [9.17, 15) is 20.0 Å². The van der Waals surface area contributed by atoms with E-state index in [0.717, 1.165) is 40.5 Å². The number of carbonyl (C=O) groups excluding carboxylic acids is 2. The number of benzene rings is 3. The second-order valence-corrected chi connectivity index (χ2v) is 20.6. The van der Waals surface area contributed by atoms with Crippen LogP contribution in [-0.2, 0) is 32.9 Å². The molecule has 11 heteroatoms. The zero-order valence-corrected chi connectivity index (χ0v) is 33.5. The summed E-state index contributed by atoms with van der Waals surface area (Å²) >= 11 is 0. The van der Waals surface area contributed by atoms with Gasteiger partial charge in [0.05, 0.1) is 51.0 Å². The summed E-state index contributed by atoms with van der Waals surface area (Å²) in [7, 11) is -0.965. The van der Waals surface area contributed by atoms with E-state index in [1.54, 1.807) is 23.0 Å². The van der Waals surface area contributed by atoms with Gasteiger partial charge >= 0.3 is 0 Å². The maximum Gasteiger partial charge on any atom is 0.269 e. The lowest BCUT2D eigenvalue weighted by Gasteiger charge is -2.39. The van der Waals surface area contributed by atoms with Gasteiger partial charge in [-0.25, -0.2) is 0 Å². The molecule has 0 saturated carbocycles. The van der Waals surface area contributed by atoms with E-state index in [4.69, 9.17) is 9.47 Å². The van der Waals surface area contributed by atoms with Crippen molar-refractivity contribution >= 4 is 36.4 Å². The molecule has 0 aliphatic carbocycles. The van der Waals surface area contributed by atoms with Crippen LogP contribution in [-0.4, -0.2) is 67.2 Å². The number of rotatable bonds is 12. The normalized spacial score (nSPS) is 23.7. The molecule has 3 aliphatic heterocycles. The number of ether oxygens (including phenoxy) is 2. The Labute approximate surface area is 319 Å². The molecule has 0 radical (unpaired) electrons. The Balaban J connectivity index is 1.42. The SMILES string of the molecule is COc1ccc([Si](C)(C)[C@H]2[C@H](CC(=O)N3Cc4ccccc4C[C@H]3CO)O[C@@]3(C(=O)N(C/C=C(\C)CCC=C(C)C)c4ccc([N+](=O)[O-])cc43)[C@@H]2C)cc1. The number of hydrogen-bond acceptors (Lipinski definition) is 7. The van der Waals surface area contributed by atoms with Gasteiger partial charge in [0.25, 0.3) is 11.6 Å². The van der Waals surface area contributed by atoms with Gasteiger partial charge in [0.2, 0.25) is 5.91 Å². The summed E-state index contributed by atoms with van der Waals surface area (Å²) in [6.45, 7) is 13.2. The van der Waals surface area contributed by atoms with Gasteiger partial charge in [0.1, 0.15) is 5.75 Å². The quantitative estimate of drug-likeness (QED) is 0.0900. The fourth-order valence-electron chi connectivity index (χ4n) is 9.07. The predicted octanol–water partition coefficient (Wildman–Crippen LogP) is 7.19. The average molecular weight is 752 g/mol. The Bertz CT molecular complexity index is 1970. The van der Waals surface area contributed by atoms with Gasteiger partial charge in [-0.15, -0.1) is 0 Å². The predicted molar refractivity (Wildman–Crippen MR) is 214 cm³/mol. The molecule has 5 atom stereocenters. The Kier molecular flexibility index (Phi) is 11.3. The van der Waals surface area contributed by atoms with Crippen LogP contribution in [0.3, 0.4) is 0 Å². The number of non-ortho nitro benzene ring substituents is 1. The first-order valence-electron chi connectivity index (χ1n) is 18.9. The number of amides is 2. The molecule has 1 N–H and O–H groups in total. The molecule has 3 aromatic carbocycles. The van der Waals surface area contributed by atoms with Crippen molar-refractivity contribution in [2.75, 3.05) is 25.2 Å². The first-order valence-corrected chi connectivity index (χ1v) is 22.0. The van der Waals surface area contributed by atoms with Crippen LogP contribution in [0.25, 0.3) is 0 Å². The second kappa shape index (κ2) is 15.6. The van der Waals surface area contributed by atoms with Gasteiger partial charge in [0.15, 0.2) is 5.60 Å². The van der Waals surface area contributed by atoms with Crippen molar-refractivity contribution in [2.45, 2.75) is 96.3 Å². The van der Waals surface area contributed by atoms with Crippen LogP contribution in [0.5, 0.6) is 5.75 Å². The molecule has 0 aromatic heterocycles. The standard InChI is InChI=1S/C43H53N3O7Si/c1-28(2)11-10-12-29(3)21-22-44-38-20-15-33(46(50)51)24-37(38)43(42(44)49)30(4)41(54(6,7)36-18-16-35(52-5)17-19-36)39(53-43)25-40(48)45-26-32-14-9-8-13-31(32)23-34(45)27-47/h8-9,11,13-21,24,30,34,39,41,47H,10,12,22-23,25-27H2,1-7H3/b29-21+/t30-,34+,39+,41-,43+/m1/s1. The largest absolute Gasteiger partial charge is 0.497 e. The number of nitro benzene ring substituents is 1. The summed E-state index contributed by atoms with van der Waals surface area (Å²) in [5, 5.41) is 23.7. The van der Waals surface area contributed by atoms with Crippen LogP contribution >= 0.6 is 0 Å². The lowest BCUT2D eigenvalue weighted by Crippen LogP contribution is -2.52. The smallest absolute Gasteiger partial charge is 0.269 e. The van der Waals surface area contributed by atoms with Crippen molar-refractivity contribution in [2.24, 2.45) is 5.92 Å². The van der Waals surface area contributed by atoms with E-state index in [1.807, 2.05) is 43.3 Å². The van der Waals surface area contributed by atoms with Crippen LogP contribution in [0.1, 0.15) is 63.6 Å². The summed E-state index contributed by atoms with van der Waals surface area (Å²) in [6, 6.07) is 20.2. The molecule has 54 heavy (non-hydrogen) atoms. The highest BCUT2D eigenvalue weighted by atomic mass is 28.3. The number of hydrogen-bond donors (Lipinski definition) is 1. The summed E-state index contributed by atoms with van der Waals surface area (Å²) in [4.78, 5) is 44.8. The molecular weight excluding hydrogens is 699 g/mol. The van der Waals surface area contributed by atoms with Crippen molar-refractivity contribution in [3.63, 3.8) is 0 Å². The van der Waals surface area contributed by atoms with Gasteiger partial charge in [-0.3, -0.25) is 19.7 Å². The van der Waals surface area contributed by atoms with E-state index in [2.05, 4.69) is 58.2 Å². The van der Waals surface area contributed by atoms with E-state index < -0.39 is 30.6 Å². The number of aliphatic hydroxyl groups excluding tert-OH is 1. The molecule has 1 fully saturated rings. The van der Waals surface area contributed by atoms with Crippen molar-refractivity contribution in [1.82, 2.24) is 4.90 Å². The lowest BCUT2D eigenvalue weighted by molar-refractivity contribution is -0.385. The van der Waals surface area contributed by atoms with Crippen LogP contribution in [0.15, 0.2) is 90.0 Å². The number of carbonyl (C=O) groups is 2. The topological polar surface area (TPSA) is 122 Å². The second-order valence-electron chi connectivity index (χ2n) is 15.9. The van der Waals surface area contributed by atoms with Gasteiger partial charge in [-0.05, 0) is 74.9 Å². The van der Waals surface area contributed by atoms with Crippen molar-refractivity contribution in [3.8, 4) is 5.75 Å². The van der Waals surface area contributed by atoms with Crippen LogP contribution < -0.4 is 14.8 Å². The molecule has 2 amide bonds. The van der Waals surface area contributed by atoms with Gasteiger partial charge in [-0.1, -0.05) is 84.9 Å². The number of allylic oxidation sites excluding steroid dienone is 3. The molecule has 3 aromatic rings. The third-order valence-electron chi connectivity index (χ3n) is 12.0. The zero-order valence-electron chi connectivity index (χ0n) is 32.5. The summed E-state index contributed by atoms with van der Waals surface area (Å²) in [6.07, 6.45) is 5.87. The third kappa shape index (κ3) is 7.16. The average Bonchev–Trinajstić information content (AvgIpc) is 3.58. The minimum absolute atomic E-state index is 0.00290. The number of anilines is 1. The van der Waals surface area contributed by atoms with Crippen LogP contribution in [0.2, 0.25) is 18.6 Å². The number of aliphatic hydroxyl groups is 1. The number of methoxy groups -OCH3 is 1. The number of nitro groups is 1. The molecule has 0 bridgehead atoms. The molecule has 0 unspecified atom stereocenters. The number of nitrogens with zero attached hydrogens (tertiary/aromatic N) is 3. The van der Waals surface area contributed by atoms with Gasteiger partial charge in [0, 0.05) is 36.7 Å². The lowest BCUT2D eigenvalue weighted by atomic mass is 9.82. The van der Waals surface area contributed by atoms with Gasteiger partial charge in [-0.2, -0.15) is 0 Å². The maximum atomic E-state index is 15.1. The fraction of sp³-hybridized carbons (Fsp3) is 0.442. The van der Waals surface area contributed by atoms with E-state index in [-0.39, 0.29) is 42.1 Å². The van der Waals surface area contributed by atoms with Gasteiger partial charge < -0.3 is 24.4 Å². The molecule has 1 spiro atoms. The van der Waals surface area contributed by atoms with E-state index >= 15 is 4.79 Å². The highest BCUT2D eigenvalue weighted by molar-refractivity contribution is 6.91. The molecule has 286 valence electrons. The Morgan fingerprint density at radius 1 is 1.07 bits per heavy atom. The molecule has 6 rings (SSSR count). The van der Waals surface area contributed by atoms with Crippen molar-refractivity contribution in [3.05, 3.63) is 117 Å². The van der Waals surface area contributed by atoms with Crippen molar-refractivity contribution in [1.29, 1.82) is 0 Å². The van der Waals surface area contributed by atoms with Crippen LogP contribution in [0.4, 0.5) is 11.4 Å². The van der Waals surface area contributed by atoms with E-state index in [0.29, 0.717) is 30.8 Å². The first-order chi connectivity index (χ1) is 25.7. The minimum atomic E-state index is -2.59. The molecule has 1 saturated heterocycles. The zero-order chi connectivity index (χ0) is 38.9. The maximum absolute atomic E-state index is 15.1. The molecule has 10 nitrogen and oxygen atoms in total. The van der Waals surface area contributed by atoms with Crippen LogP contribution in [0, 0.1) is 16.0 Å². The monoisotopic (exact) mass is 751 g/mol. The third-order valence-corrected chi connectivity index (χ3v) is 16.4. The number of fused-ring (bicyclic) bond motifs is 3. The highest BCUT2D eigenvalue weighted by Gasteiger charge is 2.66. The Hall–Kier alpha value is -4.58. The molecular formula is C43H53N3O7Si. The highest BCUT2D eigenvalue weighted by Crippen LogP contribution is 2.60. The summed E-state index contributed by atoms with van der Waals surface area (Å²) in [5.74, 6) is -0.122. The minimum Gasteiger partial charge on any atom is -0.497 e. The summed E-state index contributed by atoms with van der Waals surface area (Å²) in [5.41, 5.74) is 3.73. The first kappa shape index (κ1) is 39.1. The molecule has 3 aliphatic rings. The Morgan fingerprint density at radius 3 is 2.43 bits per heavy atom. The Morgan fingerprint density at radius 2 is 1.78 bits per heavy atom. The van der Waals surface area contributed by atoms with E-state index in [1.165, 1.54) is 17.7 Å². The molecule has 3 heterocycles. The fourth-order valence-corrected chi connectivity index (χ4v) is 13.1.